The average molecular weight is 538 g/mol. The van der Waals surface area contributed by atoms with Crippen LogP contribution in [0.25, 0.3) is 0 Å². The summed E-state index contributed by atoms with van der Waals surface area (Å²) in [5.74, 6) is -0.583. The summed E-state index contributed by atoms with van der Waals surface area (Å²) in [6.07, 6.45) is 2.11. The zero-order valence-electron chi connectivity index (χ0n) is 19.6. The molecule has 1 N–H and O–H groups in total. The molecule has 0 aliphatic carbocycles. The van der Waals surface area contributed by atoms with E-state index in [0.29, 0.717) is 11.3 Å². The molecule has 13 heteroatoms. The molecule has 2 aromatic carbocycles. The molecule has 0 bridgehead atoms. The topological polar surface area (TPSA) is 145 Å². The molecule has 194 valence electrons. The van der Waals surface area contributed by atoms with Crippen molar-refractivity contribution in [1.29, 1.82) is 0 Å². The Kier molecular flexibility index (Phi) is 9.81. The van der Waals surface area contributed by atoms with Gasteiger partial charge < -0.3 is 14.8 Å². The molecule has 1 aliphatic rings. The van der Waals surface area contributed by atoms with E-state index in [1.54, 1.807) is 30.3 Å². The van der Waals surface area contributed by atoms with Gasteiger partial charge in [-0.1, -0.05) is 30.3 Å². The van der Waals surface area contributed by atoms with Gasteiger partial charge in [0.15, 0.2) is 12.4 Å². The lowest BCUT2D eigenvalue weighted by Crippen LogP contribution is -2.40. The smallest absolute Gasteiger partial charge is 0.329 e. The monoisotopic (exact) mass is 537 g/mol. The molecule has 3 rings (SSSR count). The van der Waals surface area contributed by atoms with E-state index in [-0.39, 0.29) is 49.1 Å². The van der Waals surface area contributed by atoms with E-state index < -0.39 is 39.3 Å². The number of nitro groups is 1. The van der Waals surface area contributed by atoms with E-state index in [9.17, 15) is 28.1 Å². The van der Waals surface area contributed by atoms with Crippen molar-refractivity contribution in [2.45, 2.75) is 17.4 Å². The fraction of sp³-hybridized carbons (Fsp3) is 0.391. The van der Waals surface area contributed by atoms with Crippen LogP contribution in [0.15, 0.2) is 53.4 Å². The van der Waals surface area contributed by atoms with Gasteiger partial charge >= 0.3 is 5.97 Å². The number of nitrogens with zero attached hydrogens (tertiary/aromatic N) is 2. The Hall–Kier alpha value is -3.00. The number of nitrogens with one attached hydrogen (secondary N) is 1. The number of esters is 1. The number of sulfonamides is 1. The average Bonchev–Trinajstić information content (AvgIpc) is 2.90. The van der Waals surface area contributed by atoms with Crippen molar-refractivity contribution < 1.29 is 32.4 Å². The zero-order valence-corrected chi connectivity index (χ0v) is 21.3. The predicted octanol–water partition coefficient (Wildman–Crippen LogP) is 2.58. The van der Waals surface area contributed by atoms with Crippen molar-refractivity contribution in [3.8, 4) is 0 Å². The molecule has 1 atom stereocenters. The van der Waals surface area contributed by atoms with E-state index in [0.717, 1.165) is 6.07 Å². The Labute approximate surface area is 213 Å². The van der Waals surface area contributed by atoms with Crippen molar-refractivity contribution in [3.63, 3.8) is 0 Å². The maximum absolute atomic E-state index is 12.9. The molecule has 1 heterocycles. The van der Waals surface area contributed by atoms with Crippen LogP contribution in [0, 0.1) is 10.1 Å². The molecule has 0 unspecified atom stereocenters. The number of benzene rings is 2. The molecule has 11 nitrogen and oxygen atoms in total. The molecule has 36 heavy (non-hydrogen) atoms. The first-order valence-corrected chi connectivity index (χ1v) is 13.9. The van der Waals surface area contributed by atoms with Crippen molar-refractivity contribution in [2.75, 3.05) is 50.2 Å². The molecule has 0 aromatic heterocycles. The maximum atomic E-state index is 12.9. The minimum Gasteiger partial charge on any atom is -0.456 e. The Morgan fingerprint density at radius 3 is 2.53 bits per heavy atom. The molecular weight excluding hydrogens is 510 g/mol. The van der Waals surface area contributed by atoms with Crippen LogP contribution in [0.4, 0.5) is 11.4 Å². The van der Waals surface area contributed by atoms with E-state index in [1.165, 1.54) is 28.2 Å². The fourth-order valence-electron chi connectivity index (χ4n) is 3.50. The van der Waals surface area contributed by atoms with Gasteiger partial charge in [0.2, 0.25) is 10.0 Å². The molecule has 1 fully saturated rings. The minimum absolute atomic E-state index is 0.0293. The highest BCUT2D eigenvalue weighted by Gasteiger charge is 2.30. The largest absolute Gasteiger partial charge is 0.456 e. The number of morpholine rings is 1. The number of hydrogen-bond donors (Lipinski definition) is 1. The van der Waals surface area contributed by atoms with E-state index in [4.69, 9.17) is 9.47 Å². The lowest BCUT2D eigenvalue weighted by molar-refractivity contribution is -0.384. The number of rotatable bonds is 12. The molecule has 0 amide bonds. The highest BCUT2D eigenvalue weighted by atomic mass is 32.2. The number of hydrogen-bond acceptors (Lipinski definition) is 10. The number of nitro benzene ring substituents is 1. The maximum Gasteiger partial charge on any atom is 0.329 e. The van der Waals surface area contributed by atoms with Gasteiger partial charge in [0.1, 0.15) is 11.7 Å². The summed E-state index contributed by atoms with van der Waals surface area (Å²) in [5, 5.41) is 14.6. The van der Waals surface area contributed by atoms with Crippen LogP contribution in [0.3, 0.4) is 0 Å². The number of ketones is 1. The van der Waals surface area contributed by atoms with Gasteiger partial charge in [0.25, 0.3) is 5.69 Å². The van der Waals surface area contributed by atoms with Crippen molar-refractivity contribution in [3.05, 3.63) is 64.2 Å². The number of ether oxygens (including phenoxy) is 2. The molecule has 1 saturated heterocycles. The Morgan fingerprint density at radius 2 is 1.89 bits per heavy atom. The van der Waals surface area contributed by atoms with Gasteiger partial charge in [-0.3, -0.25) is 14.9 Å². The summed E-state index contributed by atoms with van der Waals surface area (Å²) >= 11 is 1.47. The highest BCUT2D eigenvalue weighted by Crippen LogP contribution is 2.30. The predicted molar refractivity (Wildman–Crippen MR) is 135 cm³/mol. The fourth-order valence-corrected chi connectivity index (χ4v) is 5.40. The van der Waals surface area contributed by atoms with E-state index in [2.05, 4.69) is 5.32 Å². The van der Waals surface area contributed by atoms with Crippen molar-refractivity contribution >= 4 is 44.9 Å². The third-order valence-electron chi connectivity index (χ3n) is 5.44. The summed E-state index contributed by atoms with van der Waals surface area (Å²) in [4.78, 5) is 35.9. The Balaban J connectivity index is 1.78. The summed E-state index contributed by atoms with van der Waals surface area (Å²) in [5.41, 5.74) is -0.128. The summed E-state index contributed by atoms with van der Waals surface area (Å²) in [6, 6.07) is 10.9. The lowest BCUT2D eigenvalue weighted by Gasteiger charge is -2.26. The molecule has 2 aromatic rings. The first kappa shape index (κ1) is 27.6. The van der Waals surface area contributed by atoms with Gasteiger partial charge in [-0.05, 0) is 30.6 Å². The number of anilines is 1. The van der Waals surface area contributed by atoms with Crippen LogP contribution in [0.1, 0.15) is 16.8 Å². The minimum atomic E-state index is -3.95. The van der Waals surface area contributed by atoms with Crippen LogP contribution >= 0.6 is 11.8 Å². The molecule has 0 saturated carbocycles. The second-order valence-corrected chi connectivity index (χ2v) is 10.8. The third-order valence-corrected chi connectivity index (χ3v) is 7.98. The number of carbonyl (C=O) groups excluding carboxylic acids is 2. The summed E-state index contributed by atoms with van der Waals surface area (Å²) in [6.45, 7) is 0.319. The lowest BCUT2D eigenvalue weighted by atomic mass is 10.1. The first-order chi connectivity index (χ1) is 17.2. The number of thioether (sulfide) groups is 1. The van der Waals surface area contributed by atoms with Gasteiger partial charge in [-0.15, -0.1) is 0 Å². The third kappa shape index (κ3) is 7.03. The molecule has 0 spiro atoms. The summed E-state index contributed by atoms with van der Waals surface area (Å²) in [7, 11) is -3.95. The van der Waals surface area contributed by atoms with Crippen LogP contribution in [0.2, 0.25) is 0 Å². The number of Topliss-reactive ketones (excluding diaryl/α,β-unsaturated/α-hetero) is 1. The van der Waals surface area contributed by atoms with Crippen molar-refractivity contribution in [1.82, 2.24) is 4.31 Å². The second-order valence-electron chi connectivity index (χ2n) is 7.83. The number of carbonyl (C=O) groups is 2. The van der Waals surface area contributed by atoms with Crippen LogP contribution < -0.4 is 5.32 Å². The van der Waals surface area contributed by atoms with Crippen LogP contribution in [-0.2, 0) is 24.3 Å². The van der Waals surface area contributed by atoms with Crippen LogP contribution in [-0.4, -0.2) is 80.4 Å². The Bertz CT molecular complexity index is 1190. The SMILES string of the molecule is CSCC[C@@H](Nc1ccc(S(=O)(=O)N2CCOCC2)cc1[N+](=O)[O-])C(=O)OCC(=O)c1ccccc1. The van der Waals surface area contributed by atoms with Gasteiger partial charge in [-0.2, -0.15) is 16.1 Å². The zero-order chi connectivity index (χ0) is 26.1. The normalized spacial score (nSPS) is 15.1. The quantitative estimate of drug-likeness (QED) is 0.186. The Morgan fingerprint density at radius 1 is 1.19 bits per heavy atom. The van der Waals surface area contributed by atoms with E-state index >= 15 is 0 Å². The highest BCUT2D eigenvalue weighted by molar-refractivity contribution is 7.98. The standard InChI is InChI=1S/C23H27N3O8S2/c1-35-14-9-20(23(28)34-16-22(27)17-5-3-2-4-6-17)24-19-8-7-18(15-21(19)26(29)30)36(31,32)25-10-12-33-13-11-25/h2-8,15,20,24H,9-14,16H2,1H3/t20-/m1/s1. The van der Waals surface area contributed by atoms with Gasteiger partial charge in [0.05, 0.1) is 23.0 Å². The molecular formula is C23H27N3O8S2. The van der Waals surface area contributed by atoms with Crippen LogP contribution in [0.5, 0.6) is 0 Å². The first-order valence-electron chi connectivity index (χ1n) is 11.1. The summed E-state index contributed by atoms with van der Waals surface area (Å²) < 4.78 is 37.5. The molecule has 0 radical (unpaired) electrons. The molecule has 1 aliphatic heterocycles. The van der Waals surface area contributed by atoms with E-state index in [1.807, 2.05) is 6.26 Å². The van der Waals surface area contributed by atoms with Gasteiger partial charge in [0, 0.05) is 24.7 Å². The van der Waals surface area contributed by atoms with Gasteiger partial charge in [-0.25, -0.2) is 13.2 Å². The second kappa shape index (κ2) is 12.8. The van der Waals surface area contributed by atoms with Crippen molar-refractivity contribution in [2.24, 2.45) is 0 Å².